The Balaban J connectivity index is 4.10. The van der Waals surface area contributed by atoms with Gasteiger partial charge in [0, 0.05) is 0 Å². The Morgan fingerprint density at radius 3 is 0.145 bits per heavy atom. The Morgan fingerprint density at radius 2 is 0.105 bits per heavy atom. The number of hydrogen-bond donors (Lipinski definition) is 0. The van der Waals surface area contributed by atoms with E-state index in [4.69, 9.17) is 0 Å². The average molecular weight is 991 g/mol. The molecule has 0 bridgehead atoms. The molecule has 0 saturated heterocycles. The van der Waals surface area contributed by atoms with Crippen molar-refractivity contribution in [2.24, 2.45) is 0 Å². The highest BCUT2D eigenvalue weighted by Gasteiger charge is 1.71. The van der Waals surface area contributed by atoms with Crippen molar-refractivity contribution in [2.75, 3.05) is 0 Å². The average Bonchev–Trinajstić information content (AvgIpc) is 3.43. The van der Waals surface area contributed by atoms with Crippen LogP contribution in [-0.4, -0.2) is 0 Å². The molecule has 0 amide bonds. The molecule has 0 heterocycles. The first-order chi connectivity index (χ1) is 37.9. The molecule has 0 radical (unpaired) electrons. The number of rotatable bonds is 37. The summed E-state index contributed by atoms with van der Waals surface area (Å²) in [4.78, 5) is 0. The summed E-state index contributed by atoms with van der Waals surface area (Å²) in [6.45, 7) is 7.26. The second kappa shape index (κ2) is 65.1. The molecule has 0 saturated carbocycles. The van der Waals surface area contributed by atoms with Crippen LogP contribution in [0, 0.1) is 0 Å². The van der Waals surface area contributed by atoms with Crippen LogP contribution in [0.3, 0.4) is 0 Å². The van der Waals surface area contributed by atoms with Gasteiger partial charge in [0.25, 0.3) is 0 Å². The topological polar surface area (TPSA) is 0 Å². The molecular formula is C76H78. The zero-order valence-corrected chi connectivity index (χ0v) is 44.1. The van der Waals surface area contributed by atoms with E-state index in [1.807, 2.05) is 437 Å². The van der Waals surface area contributed by atoms with Crippen LogP contribution < -0.4 is 0 Å². The van der Waals surface area contributed by atoms with Gasteiger partial charge in [0.2, 0.25) is 0 Å². The minimum absolute atomic E-state index is 1.75. The van der Waals surface area contributed by atoms with E-state index >= 15 is 0 Å². The molecule has 0 aromatic heterocycles. The highest BCUT2D eigenvalue weighted by molar-refractivity contribution is 5.29. The van der Waals surface area contributed by atoms with Crippen LogP contribution in [0.5, 0.6) is 0 Å². The molecule has 0 fully saturated rings. The molecule has 0 atom stereocenters. The molecule has 0 N–H and O–H groups in total. The van der Waals surface area contributed by atoms with E-state index in [0.29, 0.717) is 0 Å². The van der Waals surface area contributed by atoms with Crippen molar-refractivity contribution >= 4 is 0 Å². The molecular weight excluding hydrogens is 913 g/mol. The SMILES string of the molecule is C=CC=CC=CC=CC=CC=CC=CC=CC=CC=CC=CC=CC=CC=CC=CC=CC=CC=CC=CC=CC=CC=CC=CC=CC=CC=CC=CC=CC=CC=CC=CC=CC=CC=CC=CC=CC=CC=C. The lowest BCUT2D eigenvalue weighted by Gasteiger charge is -1.77. The summed E-state index contributed by atoms with van der Waals surface area (Å²) in [5.41, 5.74) is 0. The third-order valence-electron chi connectivity index (χ3n) is 8.16. The maximum absolute atomic E-state index is 3.63. The van der Waals surface area contributed by atoms with Gasteiger partial charge in [0.05, 0.1) is 0 Å². The van der Waals surface area contributed by atoms with Crippen LogP contribution in [-0.2, 0) is 0 Å². The van der Waals surface area contributed by atoms with Gasteiger partial charge in [-0.05, 0) is 0 Å². The summed E-state index contributed by atoms with van der Waals surface area (Å²) in [5.74, 6) is 0. The molecule has 0 aliphatic heterocycles. The predicted molar refractivity (Wildman–Crippen MR) is 349 cm³/mol. The Hall–Kier alpha value is -9.88. The normalized spacial score (nSPS) is 15.4. The van der Waals surface area contributed by atoms with Gasteiger partial charge in [-0.2, -0.15) is 0 Å². The molecule has 0 spiro atoms. The van der Waals surface area contributed by atoms with Gasteiger partial charge in [0.1, 0.15) is 0 Å². The Labute approximate surface area is 460 Å². The van der Waals surface area contributed by atoms with E-state index in [2.05, 4.69) is 13.2 Å². The molecule has 382 valence electrons. The van der Waals surface area contributed by atoms with Crippen molar-refractivity contribution in [3.8, 4) is 0 Å². The maximum Gasteiger partial charge on any atom is -0.0623 e. The first-order valence-corrected chi connectivity index (χ1v) is 25.1. The van der Waals surface area contributed by atoms with E-state index in [1.165, 1.54) is 0 Å². The molecule has 0 nitrogen and oxygen atoms in total. The van der Waals surface area contributed by atoms with Crippen LogP contribution in [0.15, 0.2) is 463 Å². The Kier molecular flexibility index (Phi) is 56.7. The summed E-state index contributed by atoms with van der Waals surface area (Å²) in [6.07, 6.45) is 147. The zero-order chi connectivity index (χ0) is 54.3. The highest BCUT2D eigenvalue weighted by atomic mass is 13.8. The first-order valence-electron chi connectivity index (χ1n) is 25.1. The fraction of sp³-hybridized carbons (Fsp3) is 0. The first kappa shape index (κ1) is 66.1. The van der Waals surface area contributed by atoms with Crippen molar-refractivity contribution in [1.82, 2.24) is 0 Å². The van der Waals surface area contributed by atoms with E-state index in [9.17, 15) is 0 Å². The lowest BCUT2D eigenvalue weighted by atomic mass is 10.3. The summed E-state index contributed by atoms with van der Waals surface area (Å²) in [7, 11) is 0. The predicted octanol–water partition coefficient (Wildman–Crippen LogP) is 21.4. The minimum atomic E-state index is 1.75. The Morgan fingerprint density at radius 1 is 0.0658 bits per heavy atom. The lowest BCUT2D eigenvalue weighted by molar-refractivity contribution is 1.81. The number of hydrogen-bond acceptors (Lipinski definition) is 0. The maximum atomic E-state index is 3.63. The molecule has 0 heteroatoms. The van der Waals surface area contributed by atoms with Crippen molar-refractivity contribution in [1.29, 1.82) is 0 Å². The van der Waals surface area contributed by atoms with Crippen molar-refractivity contribution in [2.45, 2.75) is 0 Å². The summed E-state index contributed by atoms with van der Waals surface area (Å²) < 4.78 is 0. The lowest BCUT2D eigenvalue weighted by Crippen LogP contribution is -1.55. The van der Waals surface area contributed by atoms with Gasteiger partial charge in [-0.15, -0.1) is 0 Å². The van der Waals surface area contributed by atoms with Crippen LogP contribution in [0.25, 0.3) is 0 Å². The summed E-state index contributed by atoms with van der Waals surface area (Å²) in [5, 5.41) is 0. The fourth-order valence-corrected chi connectivity index (χ4v) is 4.65. The van der Waals surface area contributed by atoms with E-state index in [-0.39, 0.29) is 0 Å². The van der Waals surface area contributed by atoms with Crippen molar-refractivity contribution < 1.29 is 0 Å². The van der Waals surface area contributed by atoms with Crippen LogP contribution in [0.2, 0.25) is 0 Å². The van der Waals surface area contributed by atoms with Crippen LogP contribution in [0.1, 0.15) is 0 Å². The van der Waals surface area contributed by atoms with Crippen molar-refractivity contribution in [3.63, 3.8) is 0 Å². The second-order valence-corrected chi connectivity index (χ2v) is 14.3. The molecule has 0 aromatic rings. The smallest absolute Gasteiger partial charge is 0.0623 e. The number of allylic oxidation sites excluding steroid dienone is 74. The van der Waals surface area contributed by atoms with Crippen LogP contribution >= 0.6 is 0 Å². The summed E-state index contributed by atoms with van der Waals surface area (Å²) >= 11 is 0. The second-order valence-electron chi connectivity index (χ2n) is 14.3. The van der Waals surface area contributed by atoms with Gasteiger partial charge in [0.15, 0.2) is 0 Å². The van der Waals surface area contributed by atoms with Gasteiger partial charge >= 0.3 is 0 Å². The Bertz CT molecular complexity index is 2470. The molecule has 0 rings (SSSR count). The van der Waals surface area contributed by atoms with E-state index in [0.717, 1.165) is 0 Å². The van der Waals surface area contributed by atoms with Crippen LogP contribution in [0.4, 0.5) is 0 Å². The van der Waals surface area contributed by atoms with Crippen molar-refractivity contribution in [3.05, 3.63) is 463 Å². The highest BCUT2D eigenvalue weighted by Crippen LogP contribution is 1.93. The van der Waals surface area contributed by atoms with E-state index in [1.54, 1.807) is 12.2 Å². The quantitative estimate of drug-likeness (QED) is 0.0544. The molecule has 0 aliphatic carbocycles. The zero-order valence-electron chi connectivity index (χ0n) is 44.1. The molecule has 0 aliphatic rings. The third-order valence-corrected chi connectivity index (χ3v) is 8.16. The molecule has 0 unspecified atom stereocenters. The third kappa shape index (κ3) is 64.1. The summed E-state index contributed by atoms with van der Waals surface area (Å²) in [6, 6.07) is 0. The fourth-order valence-electron chi connectivity index (χ4n) is 4.65. The van der Waals surface area contributed by atoms with Gasteiger partial charge in [-0.25, -0.2) is 0 Å². The largest absolute Gasteiger partial charge is 0.0991 e. The monoisotopic (exact) mass is 991 g/mol. The van der Waals surface area contributed by atoms with Gasteiger partial charge in [-0.3, -0.25) is 0 Å². The van der Waals surface area contributed by atoms with Gasteiger partial charge in [-0.1, -0.05) is 463 Å². The minimum Gasteiger partial charge on any atom is -0.0991 e. The van der Waals surface area contributed by atoms with Gasteiger partial charge < -0.3 is 0 Å². The standard InChI is InChI=1S/C76H78/c1-3-5-7-9-11-13-15-17-19-21-23-25-27-29-31-33-35-37-39-41-43-45-47-49-51-53-55-57-59-61-63-65-67-69-71-73-75-76-74-72-70-68-66-64-62-60-58-56-54-52-50-48-46-44-42-40-38-36-34-32-30-28-26-24-22-20-18-16-14-12-10-8-6-4-2/h3-76H,1-2H2. The molecule has 76 heavy (non-hydrogen) atoms. The van der Waals surface area contributed by atoms with E-state index < -0.39 is 0 Å². The molecule has 0 aromatic carbocycles.